The van der Waals surface area contributed by atoms with Crippen LogP contribution in [0.25, 0.3) is 0 Å². The molecule has 0 spiro atoms. The first-order valence-corrected chi connectivity index (χ1v) is 6.86. The third-order valence-electron chi connectivity index (χ3n) is 3.43. The third-order valence-corrected chi connectivity index (χ3v) is 4.19. The predicted octanol–water partition coefficient (Wildman–Crippen LogP) is -0.127. The number of thiazole rings is 1. The maximum Gasteiger partial charge on any atom is 0.282 e. The van der Waals surface area contributed by atoms with Crippen molar-refractivity contribution in [2.75, 3.05) is 39.3 Å². The zero-order valence-corrected chi connectivity index (χ0v) is 10.4. The van der Waals surface area contributed by atoms with Crippen LogP contribution >= 0.6 is 11.3 Å². The van der Waals surface area contributed by atoms with E-state index in [0.717, 1.165) is 39.3 Å². The van der Waals surface area contributed by atoms with Gasteiger partial charge in [-0.3, -0.25) is 9.69 Å². The monoisotopic (exact) mass is 252 g/mol. The lowest BCUT2D eigenvalue weighted by atomic mass is 10.1. The zero-order chi connectivity index (χ0) is 11.7. The Balaban J connectivity index is 1.52. The number of amides is 1. The molecule has 5 nitrogen and oxygen atoms in total. The summed E-state index contributed by atoms with van der Waals surface area (Å²) in [5.74, 6) is 0.0892. The molecule has 2 aliphatic heterocycles. The van der Waals surface area contributed by atoms with Crippen molar-refractivity contribution >= 4 is 17.2 Å². The van der Waals surface area contributed by atoms with Gasteiger partial charge in [0, 0.05) is 56.9 Å². The van der Waals surface area contributed by atoms with Crippen molar-refractivity contribution in [1.29, 1.82) is 0 Å². The number of nitrogens with one attached hydrogen (secondary N) is 1. The summed E-state index contributed by atoms with van der Waals surface area (Å²) in [6, 6.07) is 0.556. The molecule has 1 N–H and O–H groups in total. The van der Waals surface area contributed by atoms with Crippen LogP contribution in [0, 0.1) is 0 Å². The lowest BCUT2D eigenvalue weighted by molar-refractivity contribution is 0.0227. The summed E-state index contributed by atoms with van der Waals surface area (Å²) >= 11 is 1.42. The molecule has 1 amide bonds. The number of hydrogen-bond donors (Lipinski definition) is 1. The minimum absolute atomic E-state index is 0.0892. The highest BCUT2D eigenvalue weighted by Gasteiger charge is 2.36. The van der Waals surface area contributed by atoms with E-state index in [2.05, 4.69) is 15.2 Å². The van der Waals surface area contributed by atoms with Crippen LogP contribution in [0.1, 0.15) is 9.80 Å². The molecule has 0 aromatic carbocycles. The largest absolute Gasteiger partial charge is 0.333 e. The number of rotatable bonds is 2. The highest BCUT2D eigenvalue weighted by atomic mass is 32.1. The summed E-state index contributed by atoms with van der Waals surface area (Å²) in [7, 11) is 0. The second-order valence-corrected chi connectivity index (χ2v) is 5.38. The van der Waals surface area contributed by atoms with Crippen molar-refractivity contribution in [1.82, 2.24) is 20.1 Å². The second-order valence-electron chi connectivity index (χ2n) is 4.49. The van der Waals surface area contributed by atoms with Crippen LogP contribution in [-0.2, 0) is 0 Å². The minimum atomic E-state index is 0.0892. The van der Waals surface area contributed by atoms with E-state index in [-0.39, 0.29) is 5.91 Å². The highest BCUT2D eigenvalue weighted by molar-refractivity contribution is 7.11. The predicted molar refractivity (Wildman–Crippen MR) is 66.2 cm³/mol. The van der Waals surface area contributed by atoms with Gasteiger partial charge in [-0.1, -0.05) is 0 Å². The molecule has 1 aromatic heterocycles. The fourth-order valence-electron chi connectivity index (χ4n) is 2.36. The summed E-state index contributed by atoms with van der Waals surface area (Å²) < 4.78 is 0. The molecule has 17 heavy (non-hydrogen) atoms. The van der Waals surface area contributed by atoms with Crippen molar-refractivity contribution in [3.05, 3.63) is 16.6 Å². The van der Waals surface area contributed by atoms with Gasteiger partial charge in [0.1, 0.15) is 0 Å². The van der Waals surface area contributed by atoms with E-state index in [1.165, 1.54) is 11.3 Å². The number of carbonyl (C=O) groups excluding carboxylic acids is 1. The molecule has 0 bridgehead atoms. The standard InChI is InChI=1S/C11H16N4OS/c16-11(10-13-3-6-17-10)15-7-9(8-15)14-4-1-12-2-5-14/h3,6,9,12H,1-2,4-5,7-8H2. The second kappa shape index (κ2) is 4.72. The van der Waals surface area contributed by atoms with E-state index in [1.807, 2.05) is 10.3 Å². The summed E-state index contributed by atoms with van der Waals surface area (Å²) in [4.78, 5) is 20.4. The summed E-state index contributed by atoms with van der Waals surface area (Å²) in [5, 5.41) is 5.81. The Hall–Kier alpha value is -0.980. The van der Waals surface area contributed by atoms with Gasteiger partial charge in [0.2, 0.25) is 0 Å². The smallest absolute Gasteiger partial charge is 0.282 e. The molecule has 3 rings (SSSR count). The fourth-order valence-corrected chi connectivity index (χ4v) is 2.97. The van der Waals surface area contributed by atoms with E-state index in [9.17, 15) is 4.79 Å². The van der Waals surface area contributed by atoms with Gasteiger partial charge in [0.15, 0.2) is 5.01 Å². The lowest BCUT2D eigenvalue weighted by Gasteiger charge is -2.46. The zero-order valence-electron chi connectivity index (χ0n) is 9.63. The molecule has 6 heteroatoms. The van der Waals surface area contributed by atoms with Crippen molar-refractivity contribution in [2.45, 2.75) is 6.04 Å². The summed E-state index contributed by atoms with van der Waals surface area (Å²) in [6.07, 6.45) is 1.69. The first kappa shape index (κ1) is 11.1. The van der Waals surface area contributed by atoms with Gasteiger partial charge in [0.05, 0.1) is 0 Å². The van der Waals surface area contributed by atoms with Crippen LogP contribution < -0.4 is 5.32 Å². The quantitative estimate of drug-likeness (QED) is 0.797. The van der Waals surface area contributed by atoms with Crippen LogP contribution in [0.5, 0.6) is 0 Å². The van der Waals surface area contributed by atoms with Gasteiger partial charge in [-0.2, -0.15) is 0 Å². The highest BCUT2D eigenvalue weighted by Crippen LogP contribution is 2.19. The van der Waals surface area contributed by atoms with Crippen molar-refractivity contribution in [3.63, 3.8) is 0 Å². The molecule has 2 fully saturated rings. The Kier molecular flexibility index (Phi) is 3.09. The van der Waals surface area contributed by atoms with Gasteiger partial charge in [-0.25, -0.2) is 4.98 Å². The molecule has 0 unspecified atom stereocenters. The van der Waals surface area contributed by atoms with Gasteiger partial charge >= 0.3 is 0 Å². The maximum absolute atomic E-state index is 12.0. The van der Waals surface area contributed by atoms with E-state index >= 15 is 0 Å². The van der Waals surface area contributed by atoms with Gasteiger partial charge in [0.25, 0.3) is 5.91 Å². The Morgan fingerprint density at radius 2 is 2.18 bits per heavy atom. The van der Waals surface area contributed by atoms with Crippen molar-refractivity contribution in [3.8, 4) is 0 Å². The minimum Gasteiger partial charge on any atom is -0.333 e. The van der Waals surface area contributed by atoms with Crippen molar-refractivity contribution < 1.29 is 4.79 Å². The fraction of sp³-hybridized carbons (Fsp3) is 0.636. The topological polar surface area (TPSA) is 48.5 Å². The average molecular weight is 252 g/mol. The maximum atomic E-state index is 12.0. The molecule has 2 aliphatic rings. The Morgan fingerprint density at radius 3 is 2.82 bits per heavy atom. The van der Waals surface area contributed by atoms with Crippen LogP contribution in [-0.4, -0.2) is 66.0 Å². The molecule has 2 saturated heterocycles. The molecule has 0 saturated carbocycles. The van der Waals surface area contributed by atoms with Crippen LogP contribution in [0.15, 0.2) is 11.6 Å². The first-order valence-electron chi connectivity index (χ1n) is 5.98. The normalized spacial score (nSPS) is 22.5. The molecule has 0 atom stereocenters. The Labute approximate surface area is 104 Å². The SMILES string of the molecule is O=C(c1nccs1)N1CC(N2CCNCC2)C1. The Bertz CT molecular complexity index is 382. The Morgan fingerprint density at radius 1 is 1.41 bits per heavy atom. The number of aromatic nitrogens is 1. The summed E-state index contributed by atoms with van der Waals surface area (Å²) in [6.45, 7) is 6.05. The number of carbonyl (C=O) groups is 1. The van der Waals surface area contributed by atoms with E-state index in [0.29, 0.717) is 11.0 Å². The third kappa shape index (κ3) is 2.20. The lowest BCUT2D eigenvalue weighted by Crippen LogP contribution is -2.63. The van der Waals surface area contributed by atoms with Crippen LogP contribution in [0.2, 0.25) is 0 Å². The van der Waals surface area contributed by atoms with Crippen LogP contribution in [0.3, 0.4) is 0 Å². The van der Waals surface area contributed by atoms with Gasteiger partial charge in [-0.15, -0.1) is 11.3 Å². The average Bonchev–Trinajstić information content (AvgIpc) is 2.81. The number of piperazine rings is 1. The van der Waals surface area contributed by atoms with E-state index in [4.69, 9.17) is 0 Å². The van der Waals surface area contributed by atoms with E-state index in [1.54, 1.807) is 6.20 Å². The number of hydrogen-bond acceptors (Lipinski definition) is 5. The number of nitrogens with zero attached hydrogens (tertiary/aromatic N) is 3. The first-order chi connectivity index (χ1) is 8.34. The van der Waals surface area contributed by atoms with Crippen molar-refractivity contribution in [2.24, 2.45) is 0 Å². The van der Waals surface area contributed by atoms with Crippen LogP contribution in [0.4, 0.5) is 0 Å². The molecule has 0 radical (unpaired) electrons. The molecule has 3 heterocycles. The van der Waals surface area contributed by atoms with Gasteiger partial charge in [-0.05, 0) is 0 Å². The molecular formula is C11H16N4OS. The summed E-state index contributed by atoms with van der Waals surface area (Å²) in [5.41, 5.74) is 0. The van der Waals surface area contributed by atoms with Gasteiger partial charge < -0.3 is 10.2 Å². The van der Waals surface area contributed by atoms with E-state index < -0.39 is 0 Å². The molecule has 92 valence electrons. The molecule has 0 aliphatic carbocycles. The molecular weight excluding hydrogens is 236 g/mol. The number of likely N-dealkylation sites (tertiary alicyclic amines) is 1. The molecule has 1 aromatic rings.